The lowest BCUT2D eigenvalue weighted by molar-refractivity contribution is 0.186. The Morgan fingerprint density at radius 1 is 1.32 bits per heavy atom. The Balaban J connectivity index is 0.000000348. The van der Waals surface area contributed by atoms with Crippen LogP contribution in [0.2, 0.25) is 5.15 Å². The van der Waals surface area contributed by atoms with E-state index in [1.165, 1.54) is 11.9 Å². The SMILES string of the molecule is C=C1CCC(O)C1.CC.CC.Nc1nc(Cl)c2[nH]cnc2n1. The van der Waals surface area contributed by atoms with Gasteiger partial charge in [0, 0.05) is 0 Å². The molecule has 0 aliphatic heterocycles. The second kappa shape index (κ2) is 11.0. The van der Waals surface area contributed by atoms with Crippen molar-refractivity contribution in [3.63, 3.8) is 0 Å². The summed E-state index contributed by atoms with van der Waals surface area (Å²) in [6, 6.07) is 0. The first-order valence-corrected chi connectivity index (χ1v) is 7.91. The molecular formula is C15H26ClN5O. The molecule has 1 aliphatic rings. The maximum Gasteiger partial charge on any atom is 0.223 e. The van der Waals surface area contributed by atoms with E-state index in [1.54, 1.807) is 0 Å². The molecule has 3 rings (SSSR count). The fourth-order valence-electron chi connectivity index (χ4n) is 1.72. The second-order valence-corrected chi connectivity index (χ2v) is 4.48. The maximum absolute atomic E-state index is 8.84. The van der Waals surface area contributed by atoms with Crippen molar-refractivity contribution in [2.75, 3.05) is 5.73 Å². The molecule has 1 aliphatic carbocycles. The molecule has 7 heteroatoms. The van der Waals surface area contributed by atoms with Crippen molar-refractivity contribution in [2.24, 2.45) is 0 Å². The van der Waals surface area contributed by atoms with E-state index in [2.05, 4.69) is 26.5 Å². The summed E-state index contributed by atoms with van der Waals surface area (Å²) in [5, 5.41) is 9.14. The van der Waals surface area contributed by atoms with Crippen molar-refractivity contribution < 1.29 is 5.11 Å². The number of rotatable bonds is 0. The van der Waals surface area contributed by atoms with Gasteiger partial charge in [0.05, 0.1) is 12.4 Å². The van der Waals surface area contributed by atoms with E-state index in [4.69, 9.17) is 22.4 Å². The third kappa shape index (κ3) is 6.41. The Morgan fingerprint density at radius 2 is 1.95 bits per heavy atom. The molecule has 2 aromatic heterocycles. The Bertz CT molecular complexity index is 570. The van der Waals surface area contributed by atoms with E-state index in [1.807, 2.05) is 27.7 Å². The average Bonchev–Trinajstić information content (AvgIpc) is 3.13. The Labute approximate surface area is 136 Å². The first kappa shape index (κ1) is 20.3. The fourth-order valence-corrected chi connectivity index (χ4v) is 1.95. The number of aliphatic hydroxyl groups excluding tert-OH is 1. The summed E-state index contributed by atoms with van der Waals surface area (Å²) in [5.41, 5.74) is 7.63. The molecule has 4 N–H and O–H groups in total. The highest BCUT2D eigenvalue weighted by Crippen LogP contribution is 2.21. The summed E-state index contributed by atoms with van der Waals surface area (Å²) >= 11 is 5.70. The topological polar surface area (TPSA) is 101 Å². The summed E-state index contributed by atoms with van der Waals surface area (Å²) in [7, 11) is 0. The van der Waals surface area contributed by atoms with Crippen LogP contribution >= 0.6 is 11.6 Å². The van der Waals surface area contributed by atoms with Gasteiger partial charge in [-0.05, 0) is 19.3 Å². The Hall–Kier alpha value is -1.66. The van der Waals surface area contributed by atoms with Crippen molar-refractivity contribution in [3.8, 4) is 0 Å². The van der Waals surface area contributed by atoms with E-state index >= 15 is 0 Å². The summed E-state index contributed by atoms with van der Waals surface area (Å²) in [5.74, 6) is 0.134. The maximum atomic E-state index is 8.84. The zero-order valence-corrected chi connectivity index (χ0v) is 14.5. The molecule has 124 valence electrons. The number of nitrogens with zero attached hydrogens (tertiary/aromatic N) is 3. The van der Waals surface area contributed by atoms with Crippen LogP contribution in [0.3, 0.4) is 0 Å². The van der Waals surface area contributed by atoms with Crippen LogP contribution in [0.1, 0.15) is 47.0 Å². The van der Waals surface area contributed by atoms with Gasteiger partial charge in [-0.2, -0.15) is 9.97 Å². The molecular weight excluding hydrogens is 302 g/mol. The molecule has 2 aromatic rings. The van der Waals surface area contributed by atoms with Gasteiger partial charge in [0.15, 0.2) is 10.8 Å². The summed E-state index contributed by atoms with van der Waals surface area (Å²) in [6.45, 7) is 11.7. The van der Waals surface area contributed by atoms with Crippen molar-refractivity contribution in [2.45, 2.75) is 53.1 Å². The van der Waals surface area contributed by atoms with Crippen molar-refractivity contribution in [1.82, 2.24) is 19.9 Å². The number of halogens is 1. The molecule has 1 fully saturated rings. The minimum absolute atomic E-state index is 0.0764. The highest BCUT2D eigenvalue weighted by Gasteiger charge is 2.13. The number of aromatic nitrogens is 4. The number of nitrogen functional groups attached to an aromatic ring is 1. The molecule has 0 radical (unpaired) electrons. The van der Waals surface area contributed by atoms with Gasteiger partial charge in [0.1, 0.15) is 5.52 Å². The molecule has 0 amide bonds. The molecule has 0 aromatic carbocycles. The van der Waals surface area contributed by atoms with E-state index in [0.717, 1.165) is 19.3 Å². The number of nitrogens with two attached hydrogens (primary N) is 1. The third-order valence-electron chi connectivity index (χ3n) is 2.61. The van der Waals surface area contributed by atoms with E-state index < -0.39 is 0 Å². The van der Waals surface area contributed by atoms with Gasteiger partial charge in [0.2, 0.25) is 5.95 Å². The summed E-state index contributed by atoms with van der Waals surface area (Å²) < 4.78 is 0. The minimum atomic E-state index is -0.0764. The van der Waals surface area contributed by atoms with Crippen LogP contribution in [0.25, 0.3) is 11.2 Å². The minimum Gasteiger partial charge on any atom is -0.393 e. The lowest BCUT2D eigenvalue weighted by atomic mass is 10.3. The third-order valence-corrected chi connectivity index (χ3v) is 2.89. The lowest BCUT2D eigenvalue weighted by Gasteiger charge is -1.92. The van der Waals surface area contributed by atoms with E-state index in [0.29, 0.717) is 16.3 Å². The Morgan fingerprint density at radius 3 is 2.41 bits per heavy atom. The standard InChI is InChI=1S/C6H10O.C5H4ClN5.2C2H6/c1-5-2-3-6(7)4-5;6-3-2-4(9-1-8-2)11-5(7)10-3;2*1-2/h6-7H,1-4H2;1H,(H3,7,8,9,10,11);2*1-2H3. The molecule has 22 heavy (non-hydrogen) atoms. The molecule has 0 bridgehead atoms. The van der Waals surface area contributed by atoms with Crippen molar-refractivity contribution >= 4 is 28.7 Å². The number of anilines is 1. The predicted octanol–water partition coefficient (Wildman–Crippen LogP) is 3.73. The summed E-state index contributed by atoms with van der Waals surface area (Å²) in [6.07, 6.45) is 4.21. The highest BCUT2D eigenvalue weighted by molar-refractivity contribution is 6.33. The van der Waals surface area contributed by atoms with Gasteiger partial charge < -0.3 is 15.8 Å². The highest BCUT2D eigenvalue weighted by atomic mass is 35.5. The number of aliphatic hydroxyl groups is 1. The fraction of sp³-hybridized carbons (Fsp3) is 0.533. The smallest absolute Gasteiger partial charge is 0.223 e. The van der Waals surface area contributed by atoms with Gasteiger partial charge in [-0.3, -0.25) is 0 Å². The monoisotopic (exact) mass is 327 g/mol. The number of H-pyrrole nitrogens is 1. The van der Waals surface area contributed by atoms with Crippen LogP contribution in [-0.2, 0) is 0 Å². The predicted molar refractivity (Wildman–Crippen MR) is 92.8 cm³/mol. The number of hydrogen-bond donors (Lipinski definition) is 3. The first-order chi connectivity index (χ1) is 10.6. The molecule has 2 heterocycles. The van der Waals surface area contributed by atoms with Crippen LogP contribution in [0.4, 0.5) is 5.95 Å². The zero-order valence-electron chi connectivity index (χ0n) is 13.7. The Kier molecular flexibility index (Phi) is 10.2. The second-order valence-electron chi connectivity index (χ2n) is 4.12. The number of imidazole rings is 1. The van der Waals surface area contributed by atoms with E-state index in [-0.39, 0.29) is 12.1 Å². The van der Waals surface area contributed by atoms with Gasteiger partial charge >= 0.3 is 0 Å². The number of aromatic amines is 1. The molecule has 1 saturated carbocycles. The van der Waals surface area contributed by atoms with Crippen molar-refractivity contribution in [1.29, 1.82) is 0 Å². The average molecular weight is 328 g/mol. The number of hydrogen-bond acceptors (Lipinski definition) is 5. The lowest BCUT2D eigenvalue weighted by Crippen LogP contribution is -1.95. The molecule has 1 atom stereocenters. The number of fused-ring (bicyclic) bond motifs is 1. The first-order valence-electron chi connectivity index (χ1n) is 7.53. The molecule has 6 nitrogen and oxygen atoms in total. The largest absolute Gasteiger partial charge is 0.393 e. The number of nitrogens with one attached hydrogen (secondary N) is 1. The van der Waals surface area contributed by atoms with Crippen molar-refractivity contribution in [3.05, 3.63) is 23.6 Å². The quantitative estimate of drug-likeness (QED) is 0.505. The van der Waals surface area contributed by atoms with Gasteiger partial charge in [-0.1, -0.05) is 51.4 Å². The molecule has 0 saturated heterocycles. The van der Waals surface area contributed by atoms with Crippen LogP contribution in [0.5, 0.6) is 0 Å². The van der Waals surface area contributed by atoms with Crippen LogP contribution < -0.4 is 5.73 Å². The van der Waals surface area contributed by atoms with E-state index in [9.17, 15) is 0 Å². The van der Waals surface area contributed by atoms with Crippen LogP contribution in [0, 0.1) is 0 Å². The molecule has 0 spiro atoms. The summed E-state index contributed by atoms with van der Waals surface area (Å²) in [4.78, 5) is 14.2. The van der Waals surface area contributed by atoms with Crippen LogP contribution in [0.15, 0.2) is 18.5 Å². The normalized spacial score (nSPS) is 15.9. The molecule has 1 unspecified atom stereocenters. The van der Waals surface area contributed by atoms with Gasteiger partial charge in [-0.25, -0.2) is 4.98 Å². The zero-order chi connectivity index (χ0) is 17.1. The van der Waals surface area contributed by atoms with Crippen LogP contribution in [-0.4, -0.2) is 31.1 Å². The van der Waals surface area contributed by atoms with Gasteiger partial charge in [0.25, 0.3) is 0 Å². The van der Waals surface area contributed by atoms with Gasteiger partial charge in [-0.15, -0.1) is 0 Å².